The zero-order valence-electron chi connectivity index (χ0n) is 10.3. The Kier molecular flexibility index (Phi) is 3.38. The van der Waals surface area contributed by atoms with E-state index in [9.17, 15) is 0 Å². The smallest absolute Gasteiger partial charge is 0.129 e. The molecule has 0 radical (unpaired) electrons. The first-order valence-corrected chi connectivity index (χ1v) is 5.79. The normalized spacial score (nSPS) is 10.5. The molecule has 2 aromatic rings. The maximum Gasteiger partial charge on any atom is 0.129 e. The van der Waals surface area contributed by atoms with Gasteiger partial charge in [-0.05, 0) is 44.0 Å². The van der Waals surface area contributed by atoms with Gasteiger partial charge >= 0.3 is 0 Å². The summed E-state index contributed by atoms with van der Waals surface area (Å²) >= 11 is 0. The number of aryl methyl sites for hydroxylation is 4. The number of aromatic nitrogens is 2. The summed E-state index contributed by atoms with van der Waals surface area (Å²) in [5.74, 6) is 0.907. The van der Waals surface area contributed by atoms with E-state index in [0.717, 1.165) is 35.7 Å². The Morgan fingerprint density at radius 1 is 1.00 bits per heavy atom. The van der Waals surface area contributed by atoms with Crippen LogP contribution in [0.1, 0.15) is 22.8 Å². The number of anilines is 1. The second-order valence-corrected chi connectivity index (χ2v) is 4.31. The van der Waals surface area contributed by atoms with Gasteiger partial charge in [0.05, 0.1) is 0 Å². The minimum Gasteiger partial charge on any atom is -0.399 e. The van der Waals surface area contributed by atoms with Gasteiger partial charge in [0.2, 0.25) is 0 Å². The van der Waals surface area contributed by atoms with Gasteiger partial charge in [-0.1, -0.05) is 12.1 Å². The number of hydrogen-bond acceptors (Lipinski definition) is 3. The third kappa shape index (κ3) is 3.28. The van der Waals surface area contributed by atoms with Crippen LogP contribution in [0.4, 0.5) is 5.69 Å². The molecule has 0 bridgehead atoms. The Bertz CT molecular complexity index is 500. The molecular weight excluding hydrogens is 210 g/mol. The first-order valence-electron chi connectivity index (χ1n) is 5.79. The predicted molar refractivity (Wildman–Crippen MR) is 69.8 cm³/mol. The molecule has 0 saturated carbocycles. The van der Waals surface area contributed by atoms with E-state index in [0.29, 0.717) is 0 Å². The fourth-order valence-electron chi connectivity index (χ4n) is 1.92. The molecule has 0 atom stereocenters. The predicted octanol–water partition coefficient (Wildman–Crippen LogP) is 2.46. The summed E-state index contributed by atoms with van der Waals surface area (Å²) in [4.78, 5) is 8.86. The van der Waals surface area contributed by atoms with E-state index in [-0.39, 0.29) is 0 Å². The van der Waals surface area contributed by atoms with Gasteiger partial charge in [0.1, 0.15) is 5.82 Å². The van der Waals surface area contributed by atoms with E-state index in [1.54, 1.807) is 0 Å². The minimum atomic E-state index is 0.809. The number of rotatable bonds is 3. The Morgan fingerprint density at radius 2 is 1.71 bits per heavy atom. The number of benzene rings is 1. The Labute approximate surface area is 102 Å². The van der Waals surface area contributed by atoms with Crippen molar-refractivity contribution in [3.8, 4) is 0 Å². The van der Waals surface area contributed by atoms with Crippen molar-refractivity contribution in [2.24, 2.45) is 0 Å². The van der Waals surface area contributed by atoms with Crippen LogP contribution in [0.5, 0.6) is 0 Å². The van der Waals surface area contributed by atoms with E-state index in [1.807, 2.05) is 38.1 Å². The van der Waals surface area contributed by atoms with Crippen molar-refractivity contribution in [3.63, 3.8) is 0 Å². The molecule has 0 amide bonds. The van der Waals surface area contributed by atoms with E-state index in [2.05, 4.69) is 16.0 Å². The molecule has 0 spiro atoms. The molecule has 0 aliphatic carbocycles. The van der Waals surface area contributed by atoms with Gasteiger partial charge in [0.15, 0.2) is 0 Å². The molecule has 88 valence electrons. The molecule has 0 saturated heterocycles. The Hall–Kier alpha value is -1.90. The van der Waals surface area contributed by atoms with E-state index >= 15 is 0 Å². The molecule has 0 aliphatic rings. The number of nitrogen functional groups attached to an aromatic ring is 1. The van der Waals surface area contributed by atoms with Gasteiger partial charge in [-0.2, -0.15) is 0 Å². The van der Waals surface area contributed by atoms with Crippen LogP contribution in [0, 0.1) is 13.8 Å². The lowest BCUT2D eigenvalue weighted by Gasteiger charge is -2.04. The van der Waals surface area contributed by atoms with Crippen LogP contribution in [0.25, 0.3) is 0 Å². The zero-order chi connectivity index (χ0) is 12.3. The monoisotopic (exact) mass is 227 g/mol. The van der Waals surface area contributed by atoms with Gasteiger partial charge in [0, 0.05) is 23.5 Å². The van der Waals surface area contributed by atoms with Crippen molar-refractivity contribution in [3.05, 3.63) is 53.1 Å². The summed E-state index contributed by atoms with van der Waals surface area (Å²) in [5.41, 5.74) is 9.84. The maximum atomic E-state index is 5.74. The number of hydrogen-bond donors (Lipinski definition) is 1. The summed E-state index contributed by atoms with van der Waals surface area (Å²) in [6, 6.07) is 9.95. The summed E-state index contributed by atoms with van der Waals surface area (Å²) in [6.45, 7) is 4.00. The highest BCUT2D eigenvalue weighted by Crippen LogP contribution is 2.09. The Morgan fingerprint density at radius 3 is 2.35 bits per heavy atom. The van der Waals surface area contributed by atoms with Gasteiger partial charge in [-0.25, -0.2) is 9.97 Å². The van der Waals surface area contributed by atoms with E-state index in [1.165, 1.54) is 5.56 Å². The molecule has 2 rings (SSSR count). The first kappa shape index (κ1) is 11.6. The third-order valence-electron chi connectivity index (χ3n) is 2.62. The molecular formula is C14H17N3. The van der Waals surface area contributed by atoms with E-state index in [4.69, 9.17) is 5.73 Å². The zero-order valence-corrected chi connectivity index (χ0v) is 10.3. The van der Waals surface area contributed by atoms with Crippen molar-refractivity contribution in [1.29, 1.82) is 0 Å². The van der Waals surface area contributed by atoms with Crippen LogP contribution in [0.3, 0.4) is 0 Å². The molecule has 0 unspecified atom stereocenters. The highest BCUT2D eigenvalue weighted by Gasteiger charge is 2.01. The highest BCUT2D eigenvalue weighted by molar-refractivity contribution is 5.40. The van der Waals surface area contributed by atoms with Gasteiger partial charge in [-0.3, -0.25) is 0 Å². The van der Waals surface area contributed by atoms with Crippen molar-refractivity contribution in [2.45, 2.75) is 26.7 Å². The lowest BCUT2D eigenvalue weighted by atomic mass is 10.1. The van der Waals surface area contributed by atoms with Crippen LogP contribution in [0.15, 0.2) is 30.3 Å². The molecule has 1 aromatic carbocycles. The molecule has 17 heavy (non-hydrogen) atoms. The highest BCUT2D eigenvalue weighted by atomic mass is 14.9. The quantitative estimate of drug-likeness (QED) is 0.819. The Balaban J connectivity index is 2.07. The molecule has 0 aliphatic heterocycles. The van der Waals surface area contributed by atoms with Crippen molar-refractivity contribution >= 4 is 5.69 Å². The van der Waals surface area contributed by atoms with Crippen molar-refractivity contribution in [1.82, 2.24) is 9.97 Å². The van der Waals surface area contributed by atoms with Gasteiger partial charge in [-0.15, -0.1) is 0 Å². The molecule has 3 nitrogen and oxygen atoms in total. The number of nitrogens with zero attached hydrogens (tertiary/aromatic N) is 2. The third-order valence-corrected chi connectivity index (χ3v) is 2.62. The summed E-state index contributed by atoms with van der Waals surface area (Å²) in [5, 5.41) is 0. The van der Waals surface area contributed by atoms with Crippen molar-refractivity contribution in [2.75, 3.05) is 5.73 Å². The molecule has 0 fully saturated rings. The van der Waals surface area contributed by atoms with Gasteiger partial charge in [0.25, 0.3) is 0 Å². The topological polar surface area (TPSA) is 51.8 Å². The SMILES string of the molecule is Cc1cc(C)nc(CCc2cccc(N)c2)n1. The number of nitrogens with two attached hydrogens (primary N) is 1. The van der Waals surface area contributed by atoms with Crippen LogP contribution in [-0.2, 0) is 12.8 Å². The van der Waals surface area contributed by atoms with Crippen LogP contribution < -0.4 is 5.73 Å². The fraction of sp³-hybridized carbons (Fsp3) is 0.286. The van der Waals surface area contributed by atoms with Gasteiger partial charge < -0.3 is 5.73 Å². The summed E-state index contributed by atoms with van der Waals surface area (Å²) in [6.07, 6.45) is 1.78. The van der Waals surface area contributed by atoms with Crippen LogP contribution in [0.2, 0.25) is 0 Å². The average molecular weight is 227 g/mol. The fourth-order valence-corrected chi connectivity index (χ4v) is 1.92. The lowest BCUT2D eigenvalue weighted by molar-refractivity contribution is 0.834. The standard InChI is InChI=1S/C14H17N3/c1-10-8-11(2)17-14(16-10)7-6-12-4-3-5-13(15)9-12/h3-5,8-9H,6-7,15H2,1-2H3. The summed E-state index contributed by atoms with van der Waals surface area (Å²) in [7, 11) is 0. The molecule has 1 aromatic heterocycles. The van der Waals surface area contributed by atoms with Crippen LogP contribution >= 0.6 is 0 Å². The largest absolute Gasteiger partial charge is 0.399 e. The minimum absolute atomic E-state index is 0.809. The lowest BCUT2D eigenvalue weighted by Crippen LogP contribution is -2.01. The second kappa shape index (κ2) is 4.95. The molecule has 1 heterocycles. The summed E-state index contributed by atoms with van der Waals surface area (Å²) < 4.78 is 0. The average Bonchev–Trinajstić information content (AvgIpc) is 2.25. The van der Waals surface area contributed by atoms with Crippen molar-refractivity contribution < 1.29 is 0 Å². The second-order valence-electron chi connectivity index (χ2n) is 4.31. The van der Waals surface area contributed by atoms with E-state index < -0.39 is 0 Å². The first-order chi connectivity index (χ1) is 8.13. The molecule has 3 heteroatoms. The molecule has 2 N–H and O–H groups in total. The van der Waals surface area contributed by atoms with Crippen LogP contribution in [-0.4, -0.2) is 9.97 Å². The maximum absolute atomic E-state index is 5.74.